The quantitative estimate of drug-likeness (QED) is 0.129. The highest BCUT2D eigenvalue weighted by molar-refractivity contribution is 5.75. The maximum Gasteiger partial charge on any atom is 0.314 e. The van der Waals surface area contributed by atoms with Crippen molar-refractivity contribution in [2.24, 2.45) is 23.7 Å². The van der Waals surface area contributed by atoms with E-state index >= 15 is 0 Å². The molecule has 0 unspecified atom stereocenters. The van der Waals surface area contributed by atoms with Crippen LogP contribution in [0.15, 0.2) is 24.3 Å². The second-order valence-electron chi connectivity index (χ2n) is 11.8. The zero-order valence-corrected chi connectivity index (χ0v) is 23.5. The molecule has 36 heavy (non-hydrogen) atoms. The van der Waals surface area contributed by atoms with Gasteiger partial charge in [-0.25, -0.2) is 0 Å². The molecule has 0 heterocycles. The molecule has 0 saturated heterocycles. The summed E-state index contributed by atoms with van der Waals surface area (Å²) in [6.45, 7) is 5.33. The minimum Gasteiger partial charge on any atom is -0.494 e. The van der Waals surface area contributed by atoms with Crippen LogP contribution in [0, 0.1) is 23.7 Å². The number of benzene rings is 1. The molecule has 3 heteroatoms. The lowest BCUT2D eigenvalue weighted by atomic mass is 9.78. The van der Waals surface area contributed by atoms with Gasteiger partial charge in [0.15, 0.2) is 0 Å². The Balaban J connectivity index is 1.25. The number of esters is 1. The van der Waals surface area contributed by atoms with Crippen molar-refractivity contribution in [1.82, 2.24) is 0 Å². The normalized spacial score (nSPS) is 24.4. The first kappa shape index (κ1) is 29.1. The second kappa shape index (κ2) is 17.1. The van der Waals surface area contributed by atoms with Gasteiger partial charge in [0.2, 0.25) is 0 Å². The summed E-state index contributed by atoms with van der Waals surface area (Å²) in [7, 11) is 0. The van der Waals surface area contributed by atoms with E-state index in [4.69, 9.17) is 9.47 Å². The van der Waals surface area contributed by atoms with Gasteiger partial charge >= 0.3 is 5.97 Å². The summed E-state index contributed by atoms with van der Waals surface area (Å²) in [5, 5.41) is 0. The Morgan fingerprint density at radius 3 is 1.69 bits per heavy atom. The van der Waals surface area contributed by atoms with Crippen LogP contribution in [0.2, 0.25) is 0 Å². The van der Waals surface area contributed by atoms with Crippen molar-refractivity contribution in [3.8, 4) is 11.5 Å². The van der Waals surface area contributed by atoms with Crippen LogP contribution in [0.3, 0.4) is 0 Å². The fourth-order valence-corrected chi connectivity index (χ4v) is 6.40. The topological polar surface area (TPSA) is 35.5 Å². The predicted molar refractivity (Wildman–Crippen MR) is 151 cm³/mol. The molecule has 2 fully saturated rings. The van der Waals surface area contributed by atoms with E-state index in [1.54, 1.807) is 0 Å². The number of carbonyl (C=O) groups excluding carboxylic acids is 1. The van der Waals surface area contributed by atoms with Crippen molar-refractivity contribution in [2.45, 2.75) is 136 Å². The summed E-state index contributed by atoms with van der Waals surface area (Å²) < 4.78 is 11.7. The molecule has 1 aromatic carbocycles. The first-order chi connectivity index (χ1) is 17.7. The third-order valence-corrected chi connectivity index (χ3v) is 8.90. The van der Waals surface area contributed by atoms with Crippen molar-refractivity contribution in [3.63, 3.8) is 0 Å². The van der Waals surface area contributed by atoms with Gasteiger partial charge in [0.25, 0.3) is 0 Å². The third-order valence-electron chi connectivity index (χ3n) is 8.90. The molecule has 3 rings (SSSR count). The first-order valence-corrected chi connectivity index (χ1v) is 15.6. The van der Waals surface area contributed by atoms with E-state index in [0.29, 0.717) is 5.75 Å². The van der Waals surface area contributed by atoms with E-state index < -0.39 is 0 Å². The molecule has 0 aliphatic heterocycles. The minimum atomic E-state index is -0.0480. The maximum absolute atomic E-state index is 12.7. The number of unbranched alkanes of at least 4 members (excludes halogenated alkanes) is 5. The van der Waals surface area contributed by atoms with Gasteiger partial charge in [-0.2, -0.15) is 0 Å². The molecule has 0 bridgehead atoms. The van der Waals surface area contributed by atoms with Crippen molar-refractivity contribution >= 4 is 5.97 Å². The molecule has 0 N–H and O–H groups in total. The van der Waals surface area contributed by atoms with Crippen molar-refractivity contribution in [2.75, 3.05) is 6.61 Å². The Hall–Kier alpha value is -1.51. The summed E-state index contributed by atoms with van der Waals surface area (Å²) in [4.78, 5) is 12.7. The molecule has 1 aromatic rings. The van der Waals surface area contributed by atoms with Gasteiger partial charge in [0.1, 0.15) is 11.5 Å². The zero-order chi connectivity index (χ0) is 25.4. The minimum absolute atomic E-state index is 0.0480. The highest BCUT2D eigenvalue weighted by Gasteiger charge is 2.27. The van der Waals surface area contributed by atoms with Crippen LogP contribution < -0.4 is 9.47 Å². The Labute approximate surface area is 222 Å². The van der Waals surface area contributed by atoms with Crippen LogP contribution >= 0.6 is 0 Å². The lowest BCUT2D eigenvalue weighted by Gasteiger charge is -2.28. The van der Waals surface area contributed by atoms with Crippen molar-refractivity contribution < 1.29 is 14.3 Å². The Morgan fingerprint density at radius 2 is 1.11 bits per heavy atom. The lowest BCUT2D eigenvalue weighted by molar-refractivity contribution is -0.140. The van der Waals surface area contributed by atoms with Gasteiger partial charge in [0.05, 0.1) is 12.5 Å². The summed E-state index contributed by atoms with van der Waals surface area (Å²) in [5.41, 5.74) is 0. The highest BCUT2D eigenvalue weighted by atomic mass is 16.5. The molecule has 2 aliphatic carbocycles. The summed E-state index contributed by atoms with van der Waals surface area (Å²) in [5.74, 6) is 4.24. The average Bonchev–Trinajstić information content (AvgIpc) is 2.91. The molecule has 0 atom stereocenters. The molecule has 0 spiro atoms. The van der Waals surface area contributed by atoms with Gasteiger partial charge in [-0.05, 0) is 80.5 Å². The standard InChI is InChI=1S/C33H54O3/c1-3-5-7-9-12-28-18-20-30(21-19-28)33(34)36-32-24-22-31(23-25-32)35-26-10-13-29-16-14-27(15-17-29)11-8-6-4-2/h22-25,27-30H,3-21,26H2,1-2H3. The zero-order valence-electron chi connectivity index (χ0n) is 23.5. The largest absolute Gasteiger partial charge is 0.494 e. The smallest absolute Gasteiger partial charge is 0.314 e. The second-order valence-corrected chi connectivity index (χ2v) is 11.8. The summed E-state index contributed by atoms with van der Waals surface area (Å²) >= 11 is 0. The Bertz CT molecular complexity index is 696. The third kappa shape index (κ3) is 10.9. The van der Waals surface area contributed by atoms with E-state index in [0.717, 1.165) is 49.4 Å². The van der Waals surface area contributed by atoms with Crippen LogP contribution in [0.1, 0.15) is 136 Å². The molecule has 0 radical (unpaired) electrons. The Kier molecular flexibility index (Phi) is 13.8. The van der Waals surface area contributed by atoms with Crippen LogP contribution in [-0.4, -0.2) is 12.6 Å². The van der Waals surface area contributed by atoms with Gasteiger partial charge in [0, 0.05) is 0 Å². The van der Waals surface area contributed by atoms with Gasteiger partial charge in [-0.3, -0.25) is 4.79 Å². The van der Waals surface area contributed by atoms with Gasteiger partial charge in [-0.1, -0.05) is 97.3 Å². The summed E-state index contributed by atoms with van der Waals surface area (Å²) in [6.07, 6.45) is 24.8. The van der Waals surface area contributed by atoms with E-state index in [1.165, 1.54) is 103 Å². The SMILES string of the molecule is CCCCCCC1CCC(C(=O)Oc2ccc(OCCCC3CCC(CCCCC)CC3)cc2)CC1. The van der Waals surface area contributed by atoms with Crippen LogP contribution in [0.4, 0.5) is 0 Å². The number of carbonyl (C=O) groups is 1. The molecule has 0 aromatic heterocycles. The lowest BCUT2D eigenvalue weighted by Crippen LogP contribution is -2.25. The number of rotatable bonds is 16. The number of hydrogen-bond acceptors (Lipinski definition) is 3. The highest BCUT2D eigenvalue weighted by Crippen LogP contribution is 2.35. The van der Waals surface area contributed by atoms with Crippen LogP contribution in [0.5, 0.6) is 11.5 Å². The van der Waals surface area contributed by atoms with Crippen molar-refractivity contribution in [1.29, 1.82) is 0 Å². The van der Waals surface area contributed by atoms with Crippen molar-refractivity contribution in [3.05, 3.63) is 24.3 Å². The molecular weight excluding hydrogens is 444 g/mol. The molecule has 2 aliphatic rings. The monoisotopic (exact) mass is 498 g/mol. The first-order valence-electron chi connectivity index (χ1n) is 15.6. The van der Waals surface area contributed by atoms with E-state index in [1.807, 2.05) is 24.3 Å². The van der Waals surface area contributed by atoms with E-state index in [2.05, 4.69) is 13.8 Å². The average molecular weight is 499 g/mol. The summed E-state index contributed by atoms with van der Waals surface area (Å²) in [6, 6.07) is 7.65. The molecule has 2 saturated carbocycles. The van der Waals surface area contributed by atoms with Gasteiger partial charge in [-0.15, -0.1) is 0 Å². The molecule has 3 nitrogen and oxygen atoms in total. The van der Waals surface area contributed by atoms with E-state index in [-0.39, 0.29) is 11.9 Å². The van der Waals surface area contributed by atoms with Crippen LogP contribution in [0.25, 0.3) is 0 Å². The maximum atomic E-state index is 12.7. The van der Waals surface area contributed by atoms with Gasteiger partial charge < -0.3 is 9.47 Å². The van der Waals surface area contributed by atoms with Crippen LogP contribution in [-0.2, 0) is 4.79 Å². The predicted octanol–water partition coefficient (Wildman–Crippen LogP) is 9.91. The molecule has 0 amide bonds. The Morgan fingerprint density at radius 1 is 0.639 bits per heavy atom. The molecule has 204 valence electrons. The van der Waals surface area contributed by atoms with E-state index in [9.17, 15) is 4.79 Å². The fourth-order valence-electron chi connectivity index (χ4n) is 6.40. The number of ether oxygens (including phenoxy) is 2. The number of hydrogen-bond donors (Lipinski definition) is 0. The fraction of sp³-hybridized carbons (Fsp3) is 0.788. The molecular formula is C33H54O3.